The van der Waals surface area contributed by atoms with E-state index in [1.165, 1.54) is 4.90 Å². The van der Waals surface area contributed by atoms with E-state index >= 15 is 0 Å². The lowest BCUT2D eigenvalue weighted by atomic mass is 10.2. The zero-order valence-corrected chi connectivity index (χ0v) is 18.2. The fourth-order valence-electron chi connectivity index (χ4n) is 2.02. The predicted octanol–water partition coefficient (Wildman–Crippen LogP) is 2.10. The smallest absolute Gasteiger partial charge is 0.243 e. The first-order chi connectivity index (χ1) is 11.5. The Balaban J connectivity index is 0.00000576. The summed E-state index contributed by atoms with van der Waals surface area (Å²) in [5.41, 5.74) is 1.10. The summed E-state index contributed by atoms with van der Waals surface area (Å²) in [5, 5.41) is 3.30. The van der Waals surface area contributed by atoms with Gasteiger partial charge >= 0.3 is 0 Å². The maximum absolute atomic E-state index is 11.8. The summed E-state index contributed by atoms with van der Waals surface area (Å²) in [6, 6.07) is 1.95. The molecule has 1 aromatic heterocycles. The highest BCUT2D eigenvalue weighted by molar-refractivity contribution is 14.0. The van der Waals surface area contributed by atoms with E-state index in [4.69, 9.17) is 9.15 Å². The average Bonchev–Trinajstić information content (AvgIpc) is 2.94. The molecule has 25 heavy (non-hydrogen) atoms. The van der Waals surface area contributed by atoms with Crippen LogP contribution in [0.25, 0.3) is 0 Å². The van der Waals surface area contributed by atoms with E-state index in [9.17, 15) is 4.79 Å². The van der Waals surface area contributed by atoms with Crippen molar-refractivity contribution in [1.82, 2.24) is 15.1 Å². The topological polar surface area (TPSA) is 70.3 Å². The minimum atomic E-state index is -0.0310. The molecule has 0 atom stereocenters. The van der Waals surface area contributed by atoms with Crippen LogP contribution in [0.3, 0.4) is 0 Å². The maximum atomic E-state index is 11.8. The van der Waals surface area contributed by atoms with Crippen LogP contribution in [0.2, 0.25) is 0 Å². The van der Waals surface area contributed by atoms with Gasteiger partial charge in [-0.05, 0) is 26.3 Å². The van der Waals surface area contributed by atoms with Crippen molar-refractivity contribution >= 4 is 35.8 Å². The van der Waals surface area contributed by atoms with E-state index in [1.54, 1.807) is 20.4 Å². The number of hydrogen-bond acceptors (Lipinski definition) is 4. The Hall–Kier alpha value is -1.29. The number of rotatable bonds is 9. The molecule has 7 nitrogen and oxygen atoms in total. The quantitative estimate of drug-likeness (QED) is 0.261. The van der Waals surface area contributed by atoms with Gasteiger partial charge in [0.05, 0.1) is 6.26 Å². The summed E-state index contributed by atoms with van der Waals surface area (Å²) >= 11 is 0. The lowest BCUT2D eigenvalue weighted by Crippen LogP contribution is -2.40. The van der Waals surface area contributed by atoms with Crippen molar-refractivity contribution in [2.24, 2.45) is 4.99 Å². The van der Waals surface area contributed by atoms with Crippen LogP contribution in [0.1, 0.15) is 24.7 Å². The maximum Gasteiger partial charge on any atom is 0.243 e. The Morgan fingerprint density at radius 1 is 1.36 bits per heavy atom. The predicted molar refractivity (Wildman–Crippen MR) is 110 cm³/mol. The number of aryl methyl sites for hydroxylation is 1. The molecule has 1 amide bonds. The molecular weight excluding hydrogens is 435 g/mol. The van der Waals surface area contributed by atoms with Gasteiger partial charge < -0.3 is 24.3 Å². The van der Waals surface area contributed by atoms with Crippen molar-refractivity contribution in [3.63, 3.8) is 0 Å². The first-order valence-electron chi connectivity index (χ1n) is 8.26. The average molecular weight is 466 g/mol. The van der Waals surface area contributed by atoms with Crippen LogP contribution in [-0.4, -0.2) is 69.1 Å². The Kier molecular flexibility index (Phi) is 12.3. The van der Waals surface area contributed by atoms with Crippen molar-refractivity contribution in [1.29, 1.82) is 0 Å². The number of halogens is 1. The summed E-state index contributed by atoms with van der Waals surface area (Å²) < 4.78 is 10.7. The molecule has 8 heteroatoms. The van der Waals surface area contributed by atoms with Crippen LogP contribution in [0.5, 0.6) is 0 Å². The van der Waals surface area contributed by atoms with Crippen LogP contribution in [0.4, 0.5) is 0 Å². The number of amides is 1. The van der Waals surface area contributed by atoms with Gasteiger partial charge in [0.1, 0.15) is 12.3 Å². The number of carbonyl (C=O) groups excluding carboxylic acids is 1. The minimum Gasteiger partial charge on any atom is -0.469 e. The number of carbonyl (C=O) groups is 1. The van der Waals surface area contributed by atoms with Crippen LogP contribution >= 0.6 is 24.0 Å². The number of ether oxygens (including phenoxy) is 1. The third-order valence-electron chi connectivity index (χ3n) is 3.55. The largest absolute Gasteiger partial charge is 0.469 e. The monoisotopic (exact) mass is 466 g/mol. The SMILES string of the molecule is CCOCCCNC(=NCC(=O)N(C)C)N(C)Cc1ccoc1C.I. The molecule has 0 saturated carbocycles. The molecule has 1 rings (SSSR count). The Bertz CT molecular complexity index is 532. The van der Waals surface area contributed by atoms with Gasteiger partial charge in [0, 0.05) is 53.0 Å². The van der Waals surface area contributed by atoms with E-state index in [0.29, 0.717) is 19.1 Å². The van der Waals surface area contributed by atoms with Crippen molar-refractivity contribution in [2.45, 2.75) is 26.8 Å². The molecular formula is C17H31IN4O3. The summed E-state index contributed by atoms with van der Waals surface area (Å²) in [4.78, 5) is 19.8. The molecule has 1 aromatic rings. The number of likely N-dealkylation sites (N-methyl/N-ethyl adjacent to an activating group) is 1. The molecule has 0 fully saturated rings. The first kappa shape index (κ1) is 23.7. The summed E-state index contributed by atoms with van der Waals surface area (Å²) in [6.45, 7) is 6.87. The molecule has 1 N–H and O–H groups in total. The van der Waals surface area contributed by atoms with Crippen LogP contribution in [-0.2, 0) is 16.1 Å². The van der Waals surface area contributed by atoms with Crippen molar-refractivity contribution < 1.29 is 13.9 Å². The molecule has 0 aliphatic rings. The molecule has 0 aliphatic carbocycles. The van der Waals surface area contributed by atoms with E-state index < -0.39 is 0 Å². The number of nitrogens with zero attached hydrogens (tertiary/aromatic N) is 3. The van der Waals surface area contributed by atoms with E-state index in [0.717, 1.165) is 30.9 Å². The zero-order valence-electron chi connectivity index (χ0n) is 15.9. The Morgan fingerprint density at radius 3 is 2.64 bits per heavy atom. The fraction of sp³-hybridized carbons (Fsp3) is 0.647. The summed E-state index contributed by atoms with van der Waals surface area (Å²) in [6.07, 6.45) is 2.56. The van der Waals surface area contributed by atoms with Gasteiger partial charge in [-0.1, -0.05) is 0 Å². The lowest BCUT2D eigenvalue weighted by Gasteiger charge is -2.22. The van der Waals surface area contributed by atoms with Crippen molar-refractivity contribution in [2.75, 3.05) is 47.4 Å². The number of nitrogens with one attached hydrogen (secondary N) is 1. The number of guanidine groups is 1. The normalized spacial score (nSPS) is 11.0. The summed E-state index contributed by atoms with van der Waals surface area (Å²) in [7, 11) is 5.40. The third kappa shape index (κ3) is 9.10. The van der Waals surface area contributed by atoms with Gasteiger partial charge in [0.2, 0.25) is 5.91 Å². The lowest BCUT2D eigenvalue weighted by molar-refractivity contribution is -0.127. The van der Waals surface area contributed by atoms with Crippen LogP contribution < -0.4 is 5.32 Å². The highest BCUT2D eigenvalue weighted by Crippen LogP contribution is 2.11. The van der Waals surface area contributed by atoms with Gasteiger partial charge in [0.15, 0.2) is 5.96 Å². The molecule has 0 radical (unpaired) electrons. The molecule has 0 spiro atoms. The highest BCUT2D eigenvalue weighted by atomic mass is 127. The second-order valence-electron chi connectivity index (χ2n) is 5.76. The molecule has 0 aromatic carbocycles. The second-order valence-corrected chi connectivity index (χ2v) is 5.76. The Morgan fingerprint density at radius 2 is 2.08 bits per heavy atom. The van der Waals surface area contributed by atoms with Crippen molar-refractivity contribution in [3.05, 3.63) is 23.7 Å². The van der Waals surface area contributed by atoms with Crippen LogP contribution in [0.15, 0.2) is 21.7 Å². The number of hydrogen-bond donors (Lipinski definition) is 1. The standard InChI is InChI=1S/C17H30N4O3.HI/c1-6-23-10-7-9-18-17(19-12-16(22)20(3)4)21(5)13-15-8-11-24-14(15)2;/h8,11H,6-7,9-10,12-13H2,1-5H3,(H,18,19);1H. The van der Waals surface area contributed by atoms with Gasteiger partial charge in [0.25, 0.3) is 0 Å². The second kappa shape index (κ2) is 13.0. The van der Waals surface area contributed by atoms with Gasteiger partial charge in [-0.25, -0.2) is 4.99 Å². The highest BCUT2D eigenvalue weighted by Gasteiger charge is 2.11. The molecule has 0 aliphatic heterocycles. The molecule has 0 unspecified atom stereocenters. The fourth-order valence-corrected chi connectivity index (χ4v) is 2.02. The van der Waals surface area contributed by atoms with E-state index in [2.05, 4.69) is 10.3 Å². The molecule has 0 bridgehead atoms. The number of furan rings is 1. The summed E-state index contributed by atoms with van der Waals surface area (Å²) in [5.74, 6) is 1.56. The van der Waals surface area contributed by atoms with E-state index in [1.807, 2.05) is 31.9 Å². The molecule has 0 saturated heterocycles. The Labute approximate surface area is 167 Å². The molecule has 144 valence electrons. The molecule has 1 heterocycles. The van der Waals surface area contributed by atoms with Gasteiger partial charge in [-0.15, -0.1) is 24.0 Å². The minimum absolute atomic E-state index is 0. The van der Waals surface area contributed by atoms with Gasteiger partial charge in [-0.2, -0.15) is 0 Å². The third-order valence-corrected chi connectivity index (χ3v) is 3.55. The van der Waals surface area contributed by atoms with Gasteiger partial charge in [-0.3, -0.25) is 4.79 Å². The zero-order chi connectivity index (χ0) is 17.9. The van der Waals surface area contributed by atoms with Crippen LogP contribution in [0, 0.1) is 6.92 Å². The van der Waals surface area contributed by atoms with E-state index in [-0.39, 0.29) is 36.4 Å². The number of aliphatic imine (C=N–C) groups is 1. The first-order valence-corrected chi connectivity index (χ1v) is 8.26. The van der Waals surface area contributed by atoms with Crippen molar-refractivity contribution in [3.8, 4) is 0 Å².